The van der Waals surface area contributed by atoms with Gasteiger partial charge in [0.2, 0.25) is 0 Å². The van der Waals surface area contributed by atoms with Crippen LogP contribution in [-0.2, 0) is 0 Å². The van der Waals surface area contributed by atoms with Crippen molar-refractivity contribution in [1.82, 2.24) is 9.88 Å². The molecule has 1 amide bonds. The van der Waals surface area contributed by atoms with Crippen LogP contribution in [0.2, 0.25) is 0 Å². The van der Waals surface area contributed by atoms with Gasteiger partial charge < -0.3 is 20.0 Å². The van der Waals surface area contributed by atoms with E-state index < -0.39 is 6.10 Å². The zero-order valence-electron chi connectivity index (χ0n) is 12.6. The Kier molecular flexibility index (Phi) is 5.14. The summed E-state index contributed by atoms with van der Waals surface area (Å²) in [5, 5.41) is 18.7. The molecule has 2 rings (SSSR count). The van der Waals surface area contributed by atoms with Crippen LogP contribution in [0.25, 0.3) is 0 Å². The van der Waals surface area contributed by atoms with Crippen molar-refractivity contribution < 1.29 is 15.0 Å². The van der Waals surface area contributed by atoms with Gasteiger partial charge in [-0.3, -0.25) is 4.79 Å². The third-order valence-electron chi connectivity index (χ3n) is 3.95. The number of aliphatic hydroxyl groups is 2. The lowest BCUT2D eigenvalue weighted by Crippen LogP contribution is -2.39. The number of rotatable bonds is 4. The van der Waals surface area contributed by atoms with E-state index in [0.29, 0.717) is 5.69 Å². The maximum atomic E-state index is 11.9. The number of amides is 1. The molecule has 1 unspecified atom stereocenters. The Morgan fingerprint density at radius 1 is 1.43 bits per heavy atom. The maximum absolute atomic E-state index is 11.9. The molecule has 1 atom stereocenters. The second-order valence-electron chi connectivity index (χ2n) is 5.66. The summed E-state index contributed by atoms with van der Waals surface area (Å²) < 4.78 is 0. The standard InChI is InChI=1S/C15H23N3O3/c1-17(2)15(21)12-4-3-5-14(16-12)18-8-6-11(7-9-18)13(20)10-19/h3-5,11,13,19-20H,6-10H2,1-2H3. The molecule has 0 bridgehead atoms. The average Bonchev–Trinajstić information content (AvgIpc) is 2.53. The summed E-state index contributed by atoms with van der Waals surface area (Å²) in [7, 11) is 3.41. The van der Waals surface area contributed by atoms with E-state index in [2.05, 4.69) is 9.88 Å². The smallest absolute Gasteiger partial charge is 0.272 e. The Bertz CT molecular complexity index is 485. The maximum Gasteiger partial charge on any atom is 0.272 e. The number of aliphatic hydroxyl groups excluding tert-OH is 2. The third-order valence-corrected chi connectivity index (χ3v) is 3.95. The molecule has 6 heteroatoms. The fourth-order valence-electron chi connectivity index (χ4n) is 2.61. The van der Waals surface area contributed by atoms with Gasteiger partial charge in [-0.1, -0.05) is 6.07 Å². The Hall–Kier alpha value is -1.66. The molecular weight excluding hydrogens is 270 g/mol. The SMILES string of the molecule is CN(C)C(=O)c1cccc(N2CCC(C(O)CO)CC2)n1. The first-order valence-electron chi connectivity index (χ1n) is 7.25. The van der Waals surface area contributed by atoms with Crippen LogP contribution in [0.5, 0.6) is 0 Å². The summed E-state index contributed by atoms with van der Waals surface area (Å²) in [6, 6.07) is 5.46. The number of aromatic nitrogens is 1. The highest BCUT2D eigenvalue weighted by atomic mass is 16.3. The van der Waals surface area contributed by atoms with Gasteiger partial charge in [0.1, 0.15) is 11.5 Å². The van der Waals surface area contributed by atoms with Crippen LogP contribution in [0.4, 0.5) is 5.82 Å². The molecule has 116 valence electrons. The normalized spacial score (nSPS) is 17.6. The van der Waals surface area contributed by atoms with Crippen LogP contribution in [0.3, 0.4) is 0 Å². The molecule has 0 spiro atoms. The van der Waals surface area contributed by atoms with Gasteiger partial charge in [0.05, 0.1) is 12.7 Å². The molecule has 6 nitrogen and oxygen atoms in total. The zero-order valence-corrected chi connectivity index (χ0v) is 12.6. The van der Waals surface area contributed by atoms with E-state index in [4.69, 9.17) is 5.11 Å². The first kappa shape index (κ1) is 15.7. The van der Waals surface area contributed by atoms with Gasteiger partial charge in [0, 0.05) is 27.2 Å². The molecule has 1 saturated heterocycles. The summed E-state index contributed by atoms with van der Waals surface area (Å²) in [6.45, 7) is 1.36. The second kappa shape index (κ2) is 6.87. The van der Waals surface area contributed by atoms with Gasteiger partial charge in [0.25, 0.3) is 5.91 Å². The number of carbonyl (C=O) groups excluding carboxylic acids is 1. The molecule has 1 fully saturated rings. The summed E-state index contributed by atoms with van der Waals surface area (Å²) in [4.78, 5) is 20.0. The summed E-state index contributed by atoms with van der Waals surface area (Å²) in [6.07, 6.45) is 0.992. The van der Waals surface area contributed by atoms with E-state index in [1.807, 2.05) is 12.1 Å². The van der Waals surface area contributed by atoms with Crippen molar-refractivity contribution in [3.8, 4) is 0 Å². The number of anilines is 1. The monoisotopic (exact) mass is 293 g/mol. The number of piperidine rings is 1. The fraction of sp³-hybridized carbons (Fsp3) is 0.600. The fourth-order valence-corrected chi connectivity index (χ4v) is 2.61. The molecule has 0 aromatic carbocycles. The van der Waals surface area contributed by atoms with Crippen molar-refractivity contribution in [1.29, 1.82) is 0 Å². The first-order chi connectivity index (χ1) is 10.0. The molecule has 1 aromatic heterocycles. The number of nitrogens with zero attached hydrogens (tertiary/aromatic N) is 3. The first-order valence-corrected chi connectivity index (χ1v) is 7.25. The molecular formula is C15H23N3O3. The highest BCUT2D eigenvalue weighted by Gasteiger charge is 2.25. The van der Waals surface area contributed by atoms with E-state index in [1.165, 1.54) is 4.90 Å². The highest BCUT2D eigenvalue weighted by molar-refractivity contribution is 5.92. The van der Waals surface area contributed by atoms with Crippen molar-refractivity contribution in [2.24, 2.45) is 5.92 Å². The van der Waals surface area contributed by atoms with Gasteiger partial charge in [0.15, 0.2) is 0 Å². The van der Waals surface area contributed by atoms with Gasteiger partial charge in [-0.25, -0.2) is 4.98 Å². The van der Waals surface area contributed by atoms with Crippen molar-refractivity contribution >= 4 is 11.7 Å². The summed E-state index contributed by atoms with van der Waals surface area (Å²) >= 11 is 0. The van der Waals surface area contributed by atoms with E-state index in [-0.39, 0.29) is 18.4 Å². The molecule has 0 radical (unpaired) electrons. The average molecular weight is 293 g/mol. The quantitative estimate of drug-likeness (QED) is 0.838. The van der Waals surface area contributed by atoms with Crippen LogP contribution in [0.15, 0.2) is 18.2 Å². The number of hydrogen-bond donors (Lipinski definition) is 2. The van der Waals surface area contributed by atoms with Gasteiger partial charge in [-0.05, 0) is 30.9 Å². The molecule has 1 aliphatic heterocycles. The number of pyridine rings is 1. The van der Waals surface area contributed by atoms with Crippen molar-refractivity contribution in [3.05, 3.63) is 23.9 Å². The summed E-state index contributed by atoms with van der Waals surface area (Å²) in [5.41, 5.74) is 0.440. The van der Waals surface area contributed by atoms with E-state index in [9.17, 15) is 9.90 Å². The van der Waals surface area contributed by atoms with Crippen LogP contribution in [-0.4, -0.2) is 65.9 Å². The van der Waals surface area contributed by atoms with Crippen LogP contribution >= 0.6 is 0 Å². The minimum absolute atomic E-state index is 0.109. The van der Waals surface area contributed by atoms with Crippen molar-refractivity contribution in [3.63, 3.8) is 0 Å². The van der Waals surface area contributed by atoms with Crippen molar-refractivity contribution in [2.45, 2.75) is 18.9 Å². The second-order valence-corrected chi connectivity index (χ2v) is 5.66. The molecule has 0 aliphatic carbocycles. The lowest BCUT2D eigenvalue weighted by Gasteiger charge is -2.34. The Morgan fingerprint density at radius 2 is 2.10 bits per heavy atom. The topological polar surface area (TPSA) is 76.9 Å². The van der Waals surface area contributed by atoms with Crippen LogP contribution in [0, 0.1) is 5.92 Å². The van der Waals surface area contributed by atoms with E-state index in [0.717, 1.165) is 31.7 Å². The number of carbonyl (C=O) groups is 1. The molecule has 21 heavy (non-hydrogen) atoms. The van der Waals surface area contributed by atoms with E-state index in [1.54, 1.807) is 20.2 Å². The number of hydrogen-bond acceptors (Lipinski definition) is 5. The molecule has 2 N–H and O–H groups in total. The lowest BCUT2D eigenvalue weighted by molar-refractivity contribution is 0.0376. The van der Waals surface area contributed by atoms with Gasteiger partial charge >= 0.3 is 0 Å². The molecule has 0 saturated carbocycles. The minimum atomic E-state index is -0.637. The molecule has 1 aliphatic rings. The predicted octanol–water partition coefficient (Wildman–Crippen LogP) is 0.353. The van der Waals surface area contributed by atoms with Gasteiger partial charge in [-0.15, -0.1) is 0 Å². The van der Waals surface area contributed by atoms with Gasteiger partial charge in [-0.2, -0.15) is 0 Å². The molecule has 1 aromatic rings. The lowest BCUT2D eigenvalue weighted by atomic mass is 9.91. The largest absolute Gasteiger partial charge is 0.394 e. The van der Waals surface area contributed by atoms with Crippen LogP contribution in [0.1, 0.15) is 23.3 Å². The zero-order chi connectivity index (χ0) is 15.4. The third kappa shape index (κ3) is 3.71. The highest BCUT2D eigenvalue weighted by Crippen LogP contribution is 2.24. The molecule has 2 heterocycles. The van der Waals surface area contributed by atoms with Crippen molar-refractivity contribution in [2.75, 3.05) is 38.7 Å². The minimum Gasteiger partial charge on any atom is -0.394 e. The van der Waals surface area contributed by atoms with Crippen LogP contribution < -0.4 is 4.90 Å². The van der Waals surface area contributed by atoms with E-state index >= 15 is 0 Å². The predicted molar refractivity (Wildman–Crippen MR) is 80.3 cm³/mol. The Morgan fingerprint density at radius 3 is 2.67 bits per heavy atom. The summed E-state index contributed by atoms with van der Waals surface area (Å²) in [5.74, 6) is 0.819. The Labute approximate surface area is 125 Å². The Balaban J connectivity index is 2.04.